The molecular formula is C12H19BrNO5P. The Hall–Kier alpha value is -0.590. The van der Waals surface area contributed by atoms with Crippen LogP contribution in [0.3, 0.4) is 0 Å². The Morgan fingerprint density at radius 3 is 2.35 bits per heavy atom. The molecule has 0 unspecified atom stereocenters. The van der Waals surface area contributed by atoms with Crippen LogP contribution in [-0.4, -0.2) is 25.4 Å². The van der Waals surface area contributed by atoms with Gasteiger partial charge < -0.3 is 24.6 Å². The monoisotopic (exact) mass is 367 g/mol. The average Bonchev–Trinajstić information content (AvgIpc) is 2.40. The van der Waals surface area contributed by atoms with E-state index in [1.165, 1.54) is 7.11 Å². The molecule has 1 aromatic rings. The number of phenolic OH excluding ortho intramolecular Hbond substituents is 1. The number of nitrogens with two attached hydrogens (primary N) is 1. The number of ether oxygens (including phenoxy) is 1. The Morgan fingerprint density at radius 1 is 1.35 bits per heavy atom. The van der Waals surface area contributed by atoms with Crippen LogP contribution in [0.2, 0.25) is 0 Å². The smallest absolute Gasteiger partial charge is 0.351 e. The van der Waals surface area contributed by atoms with E-state index in [0.717, 1.165) is 0 Å². The van der Waals surface area contributed by atoms with Crippen LogP contribution in [0.4, 0.5) is 0 Å². The van der Waals surface area contributed by atoms with Crippen molar-refractivity contribution in [2.75, 3.05) is 20.3 Å². The quantitative estimate of drug-likeness (QED) is 0.717. The lowest BCUT2D eigenvalue weighted by Crippen LogP contribution is -2.15. The number of benzene rings is 1. The third kappa shape index (κ3) is 3.74. The summed E-state index contributed by atoms with van der Waals surface area (Å²) in [5.41, 5.74) is 6.23. The SMILES string of the molecule is CCOP(=O)(OCC)[C@@H](N)c1cc(Br)cc(OC)c1O. The molecule has 114 valence electrons. The Balaban J connectivity index is 3.28. The van der Waals surface area contributed by atoms with Crippen molar-refractivity contribution in [2.45, 2.75) is 19.6 Å². The van der Waals surface area contributed by atoms with Gasteiger partial charge in [-0.15, -0.1) is 0 Å². The number of hydrogen-bond donors (Lipinski definition) is 2. The highest BCUT2D eigenvalue weighted by atomic mass is 79.9. The highest BCUT2D eigenvalue weighted by molar-refractivity contribution is 9.10. The van der Waals surface area contributed by atoms with Crippen molar-refractivity contribution in [3.63, 3.8) is 0 Å². The van der Waals surface area contributed by atoms with Crippen LogP contribution in [0.15, 0.2) is 16.6 Å². The fourth-order valence-corrected chi connectivity index (χ4v) is 3.81. The summed E-state index contributed by atoms with van der Waals surface area (Å²) >= 11 is 3.28. The predicted molar refractivity (Wildman–Crippen MR) is 80.1 cm³/mol. The van der Waals surface area contributed by atoms with Gasteiger partial charge in [0.05, 0.1) is 20.3 Å². The third-order valence-corrected chi connectivity index (χ3v) is 5.22. The molecule has 0 aliphatic rings. The van der Waals surface area contributed by atoms with Crippen molar-refractivity contribution in [2.24, 2.45) is 5.73 Å². The lowest BCUT2D eigenvalue weighted by atomic mass is 10.2. The summed E-state index contributed by atoms with van der Waals surface area (Å²) in [7, 11) is -2.15. The zero-order valence-electron chi connectivity index (χ0n) is 11.6. The van der Waals surface area contributed by atoms with Crippen LogP contribution < -0.4 is 10.5 Å². The molecule has 0 aliphatic heterocycles. The molecule has 1 rings (SSSR count). The second kappa shape index (κ2) is 7.43. The first-order valence-corrected chi connectivity index (χ1v) is 8.50. The van der Waals surface area contributed by atoms with Crippen molar-refractivity contribution in [1.29, 1.82) is 0 Å². The van der Waals surface area contributed by atoms with Gasteiger partial charge in [-0.2, -0.15) is 0 Å². The van der Waals surface area contributed by atoms with E-state index >= 15 is 0 Å². The number of hydrogen-bond acceptors (Lipinski definition) is 6. The lowest BCUT2D eigenvalue weighted by molar-refractivity contribution is 0.211. The molecular weight excluding hydrogens is 349 g/mol. The van der Waals surface area contributed by atoms with Crippen LogP contribution in [0, 0.1) is 0 Å². The van der Waals surface area contributed by atoms with Crippen molar-refractivity contribution in [1.82, 2.24) is 0 Å². The van der Waals surface area contributed by atoms with Crippen LogP contribution >= 0.6 is 23.5 Å². The molecule has 0 amide bonds. The van der Waals surface area contributed by atoms with E-state index in [-0.39, 0.29) is 30.3 Å². The fraction of sp³-hybridized carbons (Fsp3) is 0.500. The Kier molecular flexibility index (Phi) is 6.48. The van der Waals surface area contributed by atoms with E-state index in [9.17, 15) is 9.67 Å². The van der Waals surface area contributed by atoms with Crippen LogP contribution in [0.5, 0.6) is 11.5 Å². The van der Waals surface area contributed by atoms with Gasteiger partial charge in [0, 0.05) is 10.0 Å². The summed E-state index contributed by atoms with van der Waals surface area (Å²) in [6.07, 6.45) is 0. The fourth-order valence-electron chi connectivity index (χ4n) is 1.70. The topological polar surface area (TPSA) is 91.0 Å². The second-order valence-corrected chi connectivity index (χ2v) is 6.93. The molecule has 0 radical (unpaired) electrons. The maximum absolute atomic E-state index is 12.6. The van der Waals surface area contributed by atoms with Gasteiger partial charge in [0.25, 0.3) is 0 Å². The number of halogens is 1. The van der Waals surface area contributed by atoms with Gasteiger partial charge in [0.1, 0.15) is 5.78 Å². The van der Waals surface area contributed by atoms with Gasteiger partial charge in [-0.1, -0.05) is 15.9 Å². The summed E-state index contributed by atoms with van der Waals surface area (Å²) < 4.78 is 28.7. The van der Waals surface area contributed by atoms with Crippen molar-refractivity contribution in [3.05, 3.63) is 22.2 Å². The molecule has 0 bridgehead atoms. The molecule has 20 heavy (non-hydrogen) atoms. The normalized spacial score (nSPS) is 13.2. The minimum absolute atomic E-state index is 0.178. The molecule has 0 aliphatic carbocycles. The molecule has 0 saturated heterocycles. The summed E-state index contributed by atoms with van der Waals surface area (Å²) in [6, 6.07) is 3.14. The van der Waals surface area contributed by atoms with Gasteiger partial charge in [0.2, 0.25) is 0 Å². The molecule has 0 spiro atoms. The van der Waals surface area contributed by atoms with Gasteiger partial charge in [-0.05, 0) is 26.0 Å². The van der Waals surface area contributed by atoms with Crippen molar-refractivity contribution in [3.8, 4) is 11.5 Å². The number of phenols is 1. The number of methoxy groups -OCH3 is 1. The molecule has 1 aromatic carbocycles. The average molecular weight is 368 g/mol. The molecule has 0 aromatic heterocycles. The maximum atomic E-state index is 12.6. The first-order chi connectivity index (χ1) is 9.39. The summed E-state index contributed by atoms with van der Waals surface area (Å²) in [5.74, 6) is -1.05. The number of rotatable bonds is 7. The largest absolute Gasteiger partial charge is 0.504 e. The summed E-state index contributed by atoms with van der Waals surface area (Å²) in [4.78, 5) is 0. The van der Waals surface area contributed by atoms with Gasteiger partial charge in [0.15, 0.2) is 11.5 Å². The molecule has 6 nitrogen and oxygen atoms in total. The zero-order valence-corrected chi connectivity index (χ0v) is 14.1. The second-order valence-electron chi connectivity index (χ2n) is 3.87. The Bertz CT molecular complexity index is 501. The van der Waals surface area contributed by atoms with E-state index < -0.39 is 13.4 Å². The van der Waals surface area contributed by atoms with E-state index in [0.29, 0.717) is 4.47 Å². The standard InChI is InChI=1S/C12H19BrNO5P/c1-4-18-20(16,19-5-2)12(14)9-6-8(13)7-10(17-3)11(9)15/h6-7,12,15H,4-5,14H2,1-3H3/t12-/m1/s1. The molecule has 1 atom stereocenters. The van der Waals surface area contributed by atoms with Gasteiger partial charge in [-0.25, -0.2) is 0 Å². The molecule has 0 fully saturated rings. The Morgan fingerprint density at radius 2 is 1.90 bits per heavy atom. The van der Waals surface area contributed by atoms with Crippen LogP contribution in [-0.2, 0) is 13.6 Å². The van der Waals surface area contributed by atoms with Crippen molar-refractivity contribution >= 4 is 23.5 Å². The van der Waals surface area contributed by atoms with Crippen LogP contribution in [0.1, 0.15) is 25.2 Å². The molecule has 0 saturated carbocycles. The molecule has 3 N–H and O–H groups in total. The van der Waals surface area contributed by atoms with Gasteiger partial charge >= 0.3 is 7.60 Å². The summed E-state index contributed by atoms with van der Waals surface area (Å²) in [5, 5.41) is 10.1. The highest BCUT2D eigenvalue weighted by Gasteiger charge is 2.36. The highest BCUT2D eigenvalue weighted by Crippen LogP contribution is 2.60. The molecule has 0 heterocycles. The maximum Gasteiger partial charge on any atom is 0.351 e. The number of aromatic hydroxyl groups is 1. The van der Waals surface area contributed by atoms with E-state index in [1.807, 2.05) is 0 Å². The first-order valence-electron chi connectivity index (χ1n) is 6.10. The zero-order chi connectivity index (χ0) is 15.3. The lowest BCUT2D eigenvalue weighted by Gasteiger charge is -2.24. The van der Waals surface area contributed by atoms with E-state index in [4.69, 9.17) is 19.5 Å². The predicted octanol–water partition coefficient (Wildman–Crippen LogP) is 3.39. The molecule has 8 heteroatoms. The minimum atomic E-state index is -3.57. The van der Waals surface area contributed by atoms with Crippen LogP contribution in [0.25, 0.3) is 0 Å². The minimum Gasteiger partial charge on any atom is -0.504 e. The van der Waals surface area contributed by atoms with Gasteiger partial charge in [-0.3, -0.25) is 4.57 Å². The summed E-state index contributed by atoms with van der Waals surface area (Å²) in [6.45, 7) is 3.77. The third-order valence-electron chi connectivity index (χ3n) is 2.57. The van der Waals surface area contributed by atoms with Crippen molar-refractivity contribution < 1.29 is 23.5 Å². The Labute approximate surface area is 126 Å². The first kappa shape index (κ1) is 17.5. The van der Waals surface area contributed by atoms with E-state index in [2.05, 4.69) is 15.9 Å². The van der Waals surface area contributed by atoms with E-state index in [1.54, 1.807) is 26.0 Å².